The van der Waals surface area contributed by atoms with E-state index in [0.29, 0.717) is 69.4 Å². The fourth-order valence-corrected chi connectivity index (χ4v) is 7.61. The molecule has 3 aliphatic heterocycles. The lowest BCUT2D eigenvalue weighted by Crippen LogP contribution is -2.55. The number of fused-ring (bicyclic) bond motifs is 2. The number of carbonyl (C=O) groups excluding carboxylic acids is 3. The first kappa shape index (κ1) is 35.1. The number of nitrogens with one attached hydrogen (secondary N) is 2. The van der Waals surface area contributed by atoms with Crippen molar-refractivity contribution in [3.63, 3.8) is 0 Å². The lowest BCUT2D eigenvalue weighted by Gasteiger charge is -2.43. The molecular weight excluding hydrogens is 628 g/mol. The van der Waals surface area contributed by atoms with E-state index in [0.717, 1.165) is 37.1 Å². The van der Waals surface area contributed by atoms with E-state index in [-0.39, 0.29) is 48.7 Å². The van der Waals surface area contributed by atoms with Crippen LogP contribution in [0.15, 0.2) is 29.5 Å². The molecule has 3 N–H and O–H groups in total. The Balaban J connectivity index is 1.05. The zero-order chi connectivity index (χ0) is 34.9. The second-order valence-corrected chi connectivity index (χ2v) is 14.7. The molecule has 3 amide bonds. The Bertz CT molecular complexity index is 1460. The fourth-order valence-electron chi connectivity index (χ4n) is 7.61. The van der Waals surface area contributed by atoms with Gasteiger partial charge in [-0.1, -0.05) is 31.9 Å². The van der Waals surface area contributed by atoms with Gasteiger partial charge >= 0.3 is 6.09 Å². The largest absolute Gasteiger partial charge is 0.444 e. The summed E-state index contributed by atoms with van der Waals surface area (Å²) >= 11 is 0. The Kier molecular flexibility index (Phi) is 10.5. The number of rotatable bonds is 9. The molecule has 1 aromatic rings. The molecule has 0 aromatic carbocycles. The summed E-state index contributed by atoms with van der Waals surface area (Å²) < 4.78 is 11.6. The first-order valence-electron chi connectivity index (χ1n) is 17.8. The third-order valence-electron chi connectivity index (χ3n) is 10.1. The van der Waals surface area contributed by atoms with E-state index in [1.54, 1.807) is 23.0 Å². The normalized spacial score (nSPS) is 25.4. The molecule has 0 radical (unpaired) electrons. The standard InChI is InChI=1S/C35H52N8O6/c1-6-27-32(46)40(5)28-20-37-33(39-30(28)43(27)22-9-7-8-10-22)38-26-12-11-25(24-13-18-48-29(24)26)31(45)36-19-23(44)21-41-14-16-42(17-15-41)34(47)49-35(2,3)4/h11-12,20,22-23,26-27,29,44H,6-10,13-19,21H2,1-5H3,(H,36,45)(H,37,38,39)/t23-,26?,27+,29?/m0/s1. The van der Waals surface area contributed by atoms with Crippen molar-refractivity contribution in [3.8, 4) is 0 Å². The van der Waals surface area contributed by atoms with Gasteiger partial charge in [-0.2, -0.15) is 4.98 Å². The monoisotopic (exact) mass is 680 g/mol. The Labute approximate surface area is 288 Å². The molecule has 5 aliphatic rings. The number of carbonyl (C=O) groups is 3. The summed E-state index contributed by atoms with van der Waals surface area (Å²) in [6.45, 7) is 10.9. The third-order valence-corrected chi connectivity index (χ3v) is 10.1. The van der Waals surface area contributed by atoms with Gasteiger partial charge in [-0.05, 0) is 52.0 Å². The zero-order valence-corrected chi connectivity index (χ0v) is 29.5. The van der Waals surface area contributed by atoms with Gasteiger partial charge < -0.3 is 39.9 Å². The highest BCUT2D eigenvalue weighted by Crippen LogP contribution is 2.40. The molecule has 49 heavy (non-hydrogen) atoms. The minimum atomic E-state index is -0.758. The van der Waals surface area contributed by atoms with Crippen LogP contribution in [0.4, 0.5) is 22.2 Å². The predicted molar refractivity (Wildman–Crippen MR) is 185 cm³/mol. The SMILES string of the molecule is CC[C@@H]1C(=O)N(C)c2cnc(NC3C=CC(C(=O)NC[C@H](O)CN4CCN(C(=O)OC(C)(C)C)CC4)=C4CCOC43)nc2N1C1CCCC1. The Hall–Kier alpha value is -3.75. The third kappa shape index (κ3) is 7.71. The lowest BCUT2D eigenvalue weighted by molar-refractivity contribution is -0.120. The molecule has 268 valence electrons. The van der Waals surface area contributed by atoms with Crippen LogP contribution < -0.4 is 20.4 Å². The molecule has 2 aliphatic carbocycles. The second kappa shape index (κ2) is 14.6. The van der Waals surface area contributed by atoms with Crippen LogP contribution in [0.1, 0.15) is 66.2 Å². The number of aliphatic hydroxyl groups excluding tert-OH is 1. The van der Waals surface area contributed by atoms with Gasteiger partial charge in [-0.15, -0.1) is 0 Å². The van der Waals surface area contributed by atoms with Crippen LogP contribution >= 0.6 is 0 Å². The molecule has 0 bridgehead atoms. The van der Waals surface area contributed by atoms with E-state index in [1.165, 1.54) is 0 Å². The van der Waals surface area contributed by atoms with Crippen LogP contribution in [-0.2, 0) is 19.1 Å². The number of aromatic nitrogens is 2. The van der Waals surface area contributed by atoms with Crippen LogP contribution in [0.3, 0.4) is 0 Å². The van der Waals surface area contributed by atoms with Crippen molar-refractivity contribution in [2.45, 2.75) is 102 Å². The zero-order valence-electron chi connectivity index (χ0n) is 29.5. The molecule has 1 aromatic heterocycles. The minimum absolute atomic E-state index is 0.0759. The van der Waals surface area contributed by atoms with E-state index in [4.69, 9.17) is 14.5 Å². The van der Waals surface area contributed by atoms with Gasteiger partial charge in [-0.25, -0.2) is 9.78 Å². The summed E-state index contributed by atoms with van der Waals surface area (Å²) in [4.78, 5) is 56.2. The molecule has 14 heteroatoms. The van der Waals surface area contributed by atoms with E-state index >= 15 is 0 Å². The van der Waals surface area contributed by atoms with Crippen molar-refractivity contribution >= 4 is 35.4 Å². The van der Waals surface area contributed by atoms with Gasteiger partial charge in [-0.3, -0.25) is 14.5 Å². The molecule has 14 nitrogen and oxygen atoms in total. The Morgan fingerprint density at radius 1 is 1.16 bits per heavy atom. The molecular formula is C35H52N8O6. The quantitative estimate of drug-likeness (QED) is 0.353. The predicted octanol–water partition coefficient (Wildman–Crippen LogP) is 2.45. The summed E-state index contributed by atoms with van der Waals surface area (Å²) in [6, 6.07) is -0.248. The number of aliphatic hydroxyl groups is 1. The number of amides is 3. The fraction of sp³-hybridized carbons (Fsp3) is 0.686. The van der Waals surface area contributed by atoms with Crippen LogP contribution in [0.2, 0.25) is 0 Å². The average molecular weight is 681 g/mol. The number of ether oxygens (including phenoxy) is 2. The Morgan fingerprint density at radius 3 is 2.59 bits per heavy atom. The number of likely N-dealkylation sites (N-methyl/N-ethyl adjacent to an activating group) is 1. The topological polar surface area (TPSA) is 153 Å². The maximum absolute atomic E-state index is 13.3. The van der Waals surface area contributed by atoms with E-state index in [9.17, 15) is 19.5 Å². The van der Waals surface area contributed by atoms with Crippen molar-refractivity contribution in [1.29, 1.82) is 0 Å². The van der Waals surface area contributed by atoms with Gasteiger partial charge in [0.15, 0.2) is 5.82 Å². The second-order valence-electron chi connectivity index (χ2n) is 14.7. The Morgan fingerprint density at radius 2 is 1.90 bits per heavy atom. The van der Waals surface area contributed by atoms with Crippen molar-refractivity contribution in [2.75, 3.05) is 68.0 Å². The highest BCUT2D eigenvalue weighted by Gasteiger charge is 2.42. The molecule has 4 atom stereocenters. The number of β-amino-alcohol motifs (C(OH)–C–C–N with tert-alkyl or cyclic N) is 1. The van der Waals surface area contributed by atoms with E-state index in [2.05, 4.69) is 25.4 Å². The van der Waals surface area contributed by atoms with Gasteiger partial charge in [0.25, 0.3) is 5.91 Å². The van der Waals surface area contributed by atoms with Crippen molar-refractivity contribution < 1.29 is 29.0 Å². The summed E-state index contributed by atoms with van der Waals surface area (Å²) in [5, 5.41) is 17.1. The number of nitrogens with zero attached hydrogens (tertiary/aromatic N) is 6. The molecule has 1 saturated carbocycles. The van der Waals surface area contributed by atoms with E-state index < -0.39 is 11.7 Å². The maximum Gasteiger partial charge on any atom is 0.410 e. The summed E-state index contributed by atoms with van der Waals surface area (Å²) in [6.07, 6.45) is 9.75. The van der Waals surface area contributed by atoms with Crippen molar-refractivity contribution in [3.05, 3.63) is 29.5 Å². The highest BCUT2D eigenvalue weighted by atomic mass is 16.6. The highest BCUT2D eigenvalue weighted by molar-refractivity contribution is 6.04. The van der Waals surface area contributed by atoms with Crippen LogP contribution in [0.25, 0.3) is 0 Å². The smallest absolute Gasteiger partial charge is 0.410 e. The maximum atomic E-state index is 13.3. The van der Waals surface area contributed by atoms with Crippen LogP contribution in [0.5, 0.6) is 0 Å². The van der Waals surface area contributed by atoms with Gasteiger partial charge in [0.1, 0.15) is 23.4 Å². The summed E-state index contributed by atoms with van der Waals surface area (Å²) in [7, 11) is 1.79. The molecule has 2 saturated heterocycles. The number of anilines is 3. The number of piperazine rings is 1. The van der Waals surface area contributed by atoms with Gasteiger partial charge in [0.05, 0.1) is 24.9 Å². The number of hydrogen-bond donors (Lipinski definition) is 3. The summed E-state index contributed by atoms with van der Waals surface area (Å²) in [5.41, 5.74) is 1.64. The van der Waals surface area contributed by atoms with E-state index in [1.807, 2.05) is 39.8 Å². The van der Waals surface area contributed by atoms with Crippen molar-refractivity contribution in [2.24, 2.45) is 0 Å². The van der Waals surface area contributed by atoms with Crippen LogP contribution in [-0.4, -0.2) is 132 Å². The van der Waals surface area contributed by atoms with Crippen molar-refractivity contribution in [1.82, 2.24) is 25.1 Å². The first-order chi connectivity index (χ1) is 23.4. The first-order valence-corrected chi connectivity index (χ1v) is 17.8. The summed E-state index contributed by atoms with van der Waals surface area (Å²) in [5.74, 6) is 1.06. The van der Waals surface area contributed by atoms with Gasteiger partial charge in [0.2, 0.25) is 11.9 Å². The molecule has 2 unspecified atom stereocenters. The minimum Gasteiger partial charge on any atom is -0.444 e. The molecule has 0 spiro atoms. The number of hydrogen-bond acceptors (Lipinski definition) is 11. The molecule has 6 rings (SSSR count). The van der Waals surface area contributed by atoms with Gasteiger partial charge in [0, 0.05) is 57.9 Å². The van der Waals surface area contributed by atoms with Crippen LogP contribution in [0, 0.1) is 0 Å². The average Bonchev–Trinajstić information content (AvgIpc) is 3.78. The molecule has 3 fully saturated rings. The molecule has 4 heterocycles. The lowest BCUT2D eigenvalue weighted by atomic mass is 9.90.